The SMILES string of the molecule is Cc1cc(OCCN2C(=O)NC(C)(c3ccc(F)cc3)C2=O)ccc1C(C)C. The molecule has 0 spiro atoms. The molecule has 3 amide bonds. The molecule has 148 valence electrons. The molecule has 28 heavy (non-hydrogen) atoms. The maximum absolute atomic E-state index is 13.2. The summed E-state index contributed by atoms with van der Waals surface area (Å²) in [4.78, 5) is 26.3. The summed E-state index contributed by atoms with van der Waals surface area (Å²) in [7, 11) is 0. The summed E-state index contributed by atoms with van der Waals surface area (Å²) in [5, 5.41) is 2.70. The summed E-state index contributed by atoms with van der Waals surface area (Å²) in [6, 6.07) is 11.0. The first-order valence-electron chi connectivity index (χ1n) is 9.36. The zero-order valence-corrected chi connectivity index (χ0v) is 16.6. The van der Waals surface area contributed by atoms with E-state index < -0.39 is 17.4 Å². The van der Waals surface area contributed by atoms with Crippen molar-refractivity contribution in [1.29, 1.82) is 0 Å². The normalized spacial score (nSPS) is 19.3. The average molecular weight is 384 g/mol. The average Bonchev–Trinajstić information content (AvgIpc) is 2.86. The summed E-state index contributed by atoms with van der Waals surface area (Å²) in [6.07, 6.45) is 0. The van der Waals surface area contributed by atoms with Gasteiger partial charge in [0.2, 0.25) is 0 Å². The molecule has 0 aliphatic carbocycles. The fraction of sp³-hybridized carbons (Fsp3) is 0.364. The maximum atomic E-state index is 13.2. The fourth-order valence-electron chi connectivity index (χ4n) is 3.52. The number of benzene rings is 2. The minimum absolute atomic E-state index is 0.131. The van der Waals surface area contributed by atoms with Gasteiger partial charge in [-0.25, -0.2) is 9.18 Å². The predicted octanol–water partition coefficient (Wildman–Crippen LogP) is 4.10. The van der Waals surface area contributed by atoms with Crippen molar-refractivity contribution in [3.05, 3.63) is 65.0 Å². The van der Waals surface area contributed by atoms with Crippen molar-refractivity contribution >= 4 is 11.9 Å². The predicted molar refractivity (Wildman–Crippen MR) is 105 cm³/mol. The van der Waals surface area contributed by atoms with Gasteiger partial charge in [-0.3, -0.25) is 9.69 Å². The van der Waals surface area contributed by atoms with Crippen molar-refractivity contribution in [3.8, 4) is 5.75 Å². The lowest BCUT2D eigenvalue weighted by Gasteiger charge is -2.22. The molecule has 2 aromatic rings. The number of amides is 3. The van der Waals surface area contributed by atoms with Gasteiger partial charge in [0.15, 0.2) is 0 Å². The molecule has 5 nitrogen and oxygen atoms in total. The van der Waals surface area contributed by atoms with Crippen LogP contribution in [0.2, 0.25) is 0 Å². The summed E-state index contributed by atoms with van der Waals surface area (Å²) < 4.78 is 18.9. The number of ether oxygens (including phenoxy) is 1. The van der Waals surface area contributed by atoms with Gasteiger partial charge in [-0.15, -0.1) is 0 Å². The number of halogens is 1. The number of nitrogens with zero attached hydrogens (tertiary/aromatic N) is 1. The van der Waals surface area contributed by atoms with Crippen LogP contribution in [-0.2, 0) is 10.3 Å². The van der Waals surface area contributed by atoms with Crippen LogP contribution in [0.3, 0.4) is 0 Å². The Morgan fingerprint density at radius 1 is 1.14 bits per heavy atom. The first-order chi connectivity index (χ1) is 13.2. The van der Waals surface area contributed by atoms with Gasteiger partial charge in [0.05, 0.1) is 6.54 Å². The Hall–Kier alpha value is -2.89. The van der Waals surface area contributed by atoms with Gasteiger partial charge in [0.1, 0.15) is 23.7 Å². The van der Waals surface area contributed by atoms with E-state index in [1.54, 1.807) is 6.92 Å². The van der Waals surface area contributed by atoms with Crippen LogP contribution in [0, 0.1) is 12.7 Å². The zero-order chi connectivity index (χ0) is 20.5. The third-order valence-corrected chi connectivity index (χ3v) is 5.14. The summed E-state index contributed by atoms with van der Waals surface area (Å²) in [5.41, 5.74) is 1.73. The van der Waals surface area contributed by atoms with E-state index in [9.17, 15) is 14.0 Å². The quantitative estimate of drug-likeness (QED) is 0.763. The lowest BCUT2D eigenvalue weighted by Crippen LogP contribution is -2.41. The van der Waals surface area contributed by atoms with Gasteiger partial charge < -0.3 is 10.1 Å². The number of nitrogens with one attached hydrogen (secondary N) is 1. The molecule has 1 N–H and O–H groups in total. The summed E-state index contributed by atoms with van der Waals surface area (Å²) in [5.74, 6) is 0.367. The van der Waals surface area contributed by atoms with Crippen molar-refractivity contribution in [3.63, 3.8) is 0 Å². The third-order valence-electron chi connectivity index (χ3n) is 5.14. The second-order valence-corrected chi connectivity index (χ2v) is 7.54. The Balaban J connectivity index is 1.65. The Morgan fingerprint density at radius 3 is 2.43 bits per heavy atom. The van der Waals surface area contributed by atoms with E-state index in [2.05, 4.69) is 19.2 Å². The molecule has 6 heteroatoms. The molecule has 0 aromatic heterocycles. The summed E-state index contributed by atoms with van der Waals surface area (Å²) in [6.45, 7) is 8.26. The summed E-state index contributed by atoms with van der Waals surface area (Å²) >= 11 is 0. The molecule has 0 saturated carbocycles. The smallest absolute Gasteiger partial charge is 0.325 e. The lowest BCUT2D eigenvalue weighted by molar-refractivity contribution is -0.131. The number of urea groups is 1. The van der Waals surface area contributed by atoms with E-state index in [-0.39, 0.29) is 19.1 Å². The molecule has 0 bridgehead atoms. The maximum Gasteiger partial charge on any atom is 0.325 e. The van der Waals surface area contributed by atoms with Crippen LogP contribution in [0.1, 0.15) is 43.4 Å². The molecule has 1 unspecified atom stereocenters. The van der Waals surface area contributed by atoms with Crippen molar-refractivity contribution in [2.75, 3.05) is 13.2 Å². The molecule has 1 heterocycles. The van der Waals surface area contributed by atoms with Gasteiger partial charge in [0, 0.05) is 0 Å². The zero-order valence-electron chi connectivity index (χ0n) is 16.6. The van der Waals surface area contributed by atoms with Crippen LogP contribution >= 0.6 is 0 Å². The molecule has 1 fully saturated rings. The third kappa shape index (κ3) is 3.72. The Bertz CT molecular complexity index is 895. The molecule has 0 radical (unpaired) electrons. The molecule has 2 aromatic carbocycles. The highest BCUT2D eigenvalue weighted by molar-refractivity contribution is 6.07. The molecule has 1 saturated heterocycles. The molecule has 3 rings (SSSR count). The van der Waals surface area contributed by atoms with E-state index in [4.69, 9.17) is 4.74 Å². The number of imide groups is 1. The molecule has 1 aliphatic rings. The highest BCUT2D eigenvalue weighted by Gasteiger charge is 2.48. The van der Waals surface area contributed by atoms with Gasteiger partial charge in [-0.1, -0.05) is 32.0 Å². The van der Waals surface area contributed by atoms with E-state index >= 15 is 0 Å². The van der Waals surface area contributed by atoms with Crippen LogP contribution in [0.4, 0.5) is 9.18 Å². The van der Waals surface area contributed by atoms with Crippen LogP contribution in [0.25, 0.3) is 0 Å². The van der Waals surface area contributed by atoms with E-state index in [1.807, 2.05) is 25.1 Å². The number of rotatable bonds is 6. The Kier molecular flexibility index (Phi) is 5.40. The molecule has 1 aliphatic heterocycles. The minimum atomic E-state index is -1.21. The molecule has 1 atom stereocenters. The number of carbonyl (C=O) groups excluding carboxylic acids is 2. The standard InChI is InChI=1S/C22H25FN2O3/c1-14(2)19-10-9-18(13-15(19)3)28-12-11-25-20(26)22(4,24-21(25)27)16-5-7-17(23)8-6-16/h5-10,13-14H,11-12H2,1-4H3,(H,24,27). The van der Waals surface area contributed by atoms with Gasteiger partial charge in [-0.05, 0) is 60.7 Å². The van der Waals surface area contributed by atoms with E-state index in [0.717, 1.165) is 10.5 Å². The van der Waals surface area contributed by atoms with Gasteiger partial charge >= 0.3 is 6.03 Å². The number of carbonyl (C=O) groups is 2. The highest BCUT2D eigenvalue weighted by Crippen LogP contribution is 2.29. The molecular formula is C22H25FN2O3. The minimum Gasteiger partial charge on any atom is -0.492 e. The van der Waals surface area contributed by atoms with Crippen molar-refractivity contribution in [1.82, 2.24) is 10.2 Å². The Morgan fingerprint density at radius 2 is 1.82 bits per heavy atom. The van der Waals surface area contributed by atoms with Gasteiger partial charge in [-0.2, -0.15) is 0 Å². The number of hydrogen-bond acceptors (Lipinski definition) is 3. The van der Waals surface area contributed by atoms with Crippen LogP contribution in [0.5, 0.6) is 5.75 Å². The van der Waals surface area contributed by atoms with E-state index in [1.165, 1.54) is 29.8 Å². The number of hydrogen-bond donors (Lipinski definition) is 1. The topological polar surface area (TPSA) is 58.6 Å². The second-order valence-electron chi connectivity index (χ2n) is 7.54. The van der Waals surface area contributed by atoms with Crippen molar-refractivity contribution < 1.29 is 18.7 Å². The fourth-order valence-corrected chi connectivity index (χ4v) is 3.52. The second kappa shape index (κ2) is 7.62. The van der Waals surface area contributed by atoms with Crippen LogP contribution in [-0.4, -0.2) is 30.0 Å². The largest absolute Gasteiger partial charge is 0.492 e. The molecular weight excluding hydrogens is 359 g/mol. The first kappa shape index (κ1) is 19.9. The monoisotopic (exact) mass is 384 g/mol. The van der Waals surface area contributed by atoms with Crippen LogP contribution in [0.15, 0.2) is 42.5 Å². The van der Waals surface area contributed by atoms with E-state index in [0.29, 0.717) is 17.2 Å². The highest BCUT2D eigenvalue weighted by atomic mass is 19.1. The number of aryl methyl sites for hydroxylation is 1. The van der Waals surface area contributed by atoms with Crippen molar-refractivity contribution in [2.24, 2.45) is 0 Å². The first-order valence-corrected chi connectivity index (χ1v) is 9.36. The van der Waals surface area contributed by atoms with Crippen molar-refractivity contribution in [2.45, 2.75) is 39.2 Å². The van der Waals surface area contributed by atoms with Gasteiger partial charge in [0.25, 0.3) is 5.91 Å². The van der Waals surface area contributed by atoms with Crippen LogP contribution < -0.4 is 10.1 Å². The lowest BCUT2D eigenvalue weighted by atomic mass is 9.92. The Labute approximate surface area is 164 Å².